The number of nitrogens with zero attached hydrogens (tertiary/aromatic N) is 2. The van der Waals surface area contributed by atoms with Crippen LogP contribution in [-0.2, 0) is 16.7 Å². The minimum Gasteiger partial charge on any atom is -0.379 e. The van der Waals surface area contributed by atoms with E-state index in [1.807, 2.05) is 35.2 Å². The second-order valence-electron chi connectivity index (χ2n) is 5.48. The van der Waals surface area contributed by atoms with Crippen LogP contribution in [0.25, 0.3) is 0 Å². The van der Waals surface area contributed by atoms with E-state index in [0.717, 1.165) is 5.56 Å². The lowest BCUT2D eigenvalue weighted by atomic mass is 10.2. The summed E-state index contributed by atoms with van der Waals surface area (Å²) in [5, 5.41) is 10.6. The van der Waals surface area contributed by atoms with Gasteiger partial charge in [0.05, 0.1) is 4.92 Å². The molecule has 0 aliphatic heterocycles. The fourth-order valence-electron chi connectivity index (χ4n) is 2.31. The first-order valence-corrected chi connectivity index (χ1v) is 9.07. The van der Waals surface area contributed by atoms with Crippen LogP contribution < -0.4 is 8.75 Å². The van der Waals surface area contributed by atoms with Crippen molar-refractivity contribution < 1.29 is 22.1 Å². The smallest absolute Gasteiger partial charge is 0.339 e. The standard InChI is InChI=1S/C18H15N2O5S/c21-20(22)16-6-8-17(9-7-16)25-26(23,24)18-10-4-15(5-11-18)14-19-12-2-1-3-13-19/h1-13H,14H2/q+1. The molecule has 0 unspecified atom stereocenters. The van der Waals surface area contributed by atoms with Crippen LogP contribution in [0, 0.1) is 10.1 Å². The van der Waals surface area contributed by atoms with Crippen molar-refractivity contribution in [2.45, 2.75) is 11.4 Å². The van der Waals surface area contributed by atoms with Gasteiger partial charge in [-0.25, -0.2) is 4.57 Å². The normalized spacial score (nSPS) is 11.1. The van der Waals surface area contributed by atoms with Crippen molar-refractivity contribution in [3.63, 3.8) is 0 Å². The van der Waals surface area contributed by atoms with Crippen molar-refractivity contribution in [1.29, 1.82) is 0 Å². The lowest BCUT2D eigenvalue weighted by Crippen LogP contribution is -2.32. The Bertz CT molecular complexity index is 1000. The summed E-state index contributed by atoms with van der Waals surface area (Å²) in [4.78, 5) is 10.1. The number of hydrogen-bond acceptors (Lipinski definition) is 5. The molecule has 1 heterocycles. The van der Waals surface area contributed by atoms with E-state index < -0.39 is 15.0 Å². The number of aromatic nitrogens is 1. The predicted molar refractivity (Wildman–Crippen MR) is 93.1 cm³/mol. The molecule has 0 aliphatic rings. The number of rotatable bonds is 6. The maximum absolute atomic E-state index is 12.3. The summed E-state index contributed by atoms with van der Waals surface area (Å²) < 4.78 is 31.7. The molecule has 3 aromatic rings. The molecule has 7 nitrogen and oxygen atoms in total. The Kier molecular flexibility index (Phi) is 4.94. The van der Waals surface area contributed by atoms with Gasteiger partial charge in [-0.2, -0.15) is 8.42 Å². The van der Waals surface area contributed by atoms with Gasteiger partial charge in [0.25, 0.3) is 5.69 Å². The van der Waals surface area contributed by atoms with Gasteiger partial charge in [-0.1, -0.05) is 18.2 Å². The van der Waals surface area contributed by atoms with E-state index in [2.05, 4.69) is 0 Å². The monoisotopic (exact) mass is 371 g/mol. The highest BCUT2D eigenvalue weighted by atomic mass is 32.2. The van der Waals surface area contributed by atoms with Crippen molar-refractivity contribution in [3.8, 4) is 5.75 Å². The molecule has 1 aromatic heterocycles. The van der Waals surface area contributed by atoms with Crippen LogP contribution in [0.3, 0.4) is 0 Å². The SMILES string of the molecule is O=[N+]([O-])c1ccc(OS(=O)(=O)c2ccc(C[n+]3ccccc3)cc2)cc1. The van der Waals surface area contributed by atoms with E-state index in [9.17, 15) is 18.5 Å². The third-order valence-electron chi connectivity index (χ3n) is 3.61. The molecule has 26 heavy (non-hydrogen) atoms. The minimum absolute atomic E-state index is 0.0117. The van der Waals surface area contributed by atoms with Crippen molar-refractivity contribution in [2.75, 3.05) is 0 Å². The van der Waals surface area contributed by atoms with Crippen LogP contribution in [0.4, 0.5) is 5.69 Å². The largest absolute Gasteiger partial charge is 0.379 e. The Morgan fingerprint density at radius 3 is 2.12 bits per heavy atom. The first-order chi connectivity index (χ1) is 12.4. The van der Waals surface area contributed by atoms with Gasteiger partial charge in [0, 0.05) is 29.8 Å². The zero-order chi connectivity index (χ0) is 18.6. The molecule has 3 rings (SSSR count). The fraction of sp³-hybridized carbons (Fsp3) is 0.0556. The average Bonchev–Trinajstić information content (AvgIpc) is 2.63. The van der Waals surface area contributed by atoms with Crippen LogP contribution >= 0.6 is 0 Å². The number of non-ortho nitro benzene ring substituents is 1. The Labute approximate surface area is 150 Å². The molecule has 0 amide bonds. The molecule has 132 valence electrons. The summed E-state index contributed by atoms with van der Waals surface area (Å²) in [6, 6.07) is 17.0. The van der Waals surface area contributed by atoms with Crippen molar-refractivity contribution in [1.82, 2.24) is 0 Å². The van der Waals surface area contributed by atoms with Crippen LogP contribution in [0.5, 0.6) is 5.75 Å². The molecule has 0 spiro atoms. The molecule has 0 aliphatic carbocycles. The van der Waals surface area contributed by atoms with Gasteiger partial charge in [0.1, 0.15) is 10.6 Å². The second-order valence-corrected chi connectivity index (χ2v) is 7.03. The topological polar surface area (TPSA) is 90.4 Å². The van der Waals surface area contributed by atoms with Gasteiger partial charge in [0.2, 0.25) is 0 Å². The van der Waals surface area contributed by atoms with Gasteiger partial charge < -0.3 is 4.18 Å². The summed E-state index contributed by atoms with van der Waals surface area (Å²) in [6.07, 6.45) is 3.84. The summed E-state index contributed by atoms with van der Waals surface area (Å²) in [5.74, 6) is 0.0134. The maximum Gasteiger partial charge on any atom is 0.339 e. The number of pyridine rings is 1. The summed E-state index contributed by atoms with van der Waals surface area (Å²) >= 11 is 0. The van der Waals surface area contributed by atoms with Crippen molar-refractivity contribution in [2.24, 2.45) is 0 Å². The van der Waals surface area contributed by atoms with Crippen molar-refractivity contribution >= 4 is 15.8 Å². The lowest BCUT2D eigenvalue weighted by Gasteiger charge is -2.07. The second kappa shape index (κ2) is 7.32. The van der Waals surface area contributed by atoms with E-state index >= 15 is 0 Å². The number of nitro groups is 1. The summed E-state index contributed by atoms with van der Waals surface area (Å²) in [5.41, 5.74) is 0.799. The predicted octanol–water partition coefficient (Wildman–Crippen LogP) is 2.70. The highest BCUT2D eigenvalue weighted by molar-refractivity contribution is 7.87. The molecular weight excluding hydrogens is 356 g/mol. The van der Waals surface area contributed by atoms with Gasteiger partial charge in [-0.3, -0.25) is 10.1 Å². The van der Waals surface area contributed by atoms with Crippen LogP contribution in [0.2, 0.25) is 0 Å². The lowest BCUT2D eigenvalue weighted by molar-refractivity contribution is -0.688. The highest BCUT2D eigenvalue weighted by Gasteiger charge is 2.17. The van der Waals surface area contributed by atoms with E-state index in [0.29, 0.717) is 6.54 Å². The maximum atomic E-state index is 12.3. The molecule has 2 aromatic carbocycles. The molecule has 0 saturated carbocycles. The molecular formula is C18H15N2O5S+. The third kappa shape index (κ3) is 4.22. The van der Waals surface area contributed by atoms with E-state index in [1.54, 1.807) is 12.1 Å². The number of hydrogen-bond donors (Lipinski definition) is 0. The molecule has 8 heteroatoms. The fourth-order valence-corrected chi connectivity index (χ4v) is 3.24. The Morgan fingerprint density at radius 2 is 1.54 bits per heavy atom. The van der Waals surface area contributed by atoms with Gasteiger partial charge >= 0.3 is 10.1 Å². The Morgan fingerprint density at radius 1 is 0.923 bits per heavy atom. The molecule has 0 bridgehead atoms. The zero-order valence-electron chi connectivity index (χ0n) is 13.6. The minimum atomic E-state index is -4.01. The molecule has 0 fully saturated rings. The van der Waals surface area contributed by atoms with E-state index in [1.165, 1.54) is 36.4 Å². The first-order valence-electron chi connectivity index (χ1n) is 7.66. The summed E-state index contributed by atoms with van der Waals surface area (Å²) in [7, 11) is -4.01. The third-order valence-corrected chi connectivity index (χ3v) is 4.87. The summed E-state index contributed by atoms with van der Waals surface area (Å²) in [6.45, 7) is 0.615. The Balaban J connectivity index is 1.73. The number of benzene rings is 2. The van der Waals surface area contributed by atoms with Gasteiger partial charge in [-0.15, -0.1) is 0 Å². The van der Waals surface area contributed by atoms with E-state index in [-0.39, 0.29) is 16.3 Å². The molecule has 0 N–H and O–H groups in total. The average molecular weight is 371 g/mol. The molecule has 0 radical (unpaired) electrons. The van der Waals surface area contributed by atoms with Gasteiger partial charge in [-0.05, 0) is 24.3 Å². The first kappa shape index (κ1) is 17.6. The molecule has 0 atom stereocenters. The van der Waals surface area contributed by atoms with Crippen LogP contribution in [0.15, 0.2) is 84.0 Å². The highest BCUT2D eigenvalue weighted by Crippen LogP contribution is 2.22. The Hall–Kier alpha value is -3.26. The molecule has 0 saturated heterocycles. The zero-order valence-corrected chi connectivity index (χ0v) is 14.4. The van der Waals surface area contributed by atoms with Gasteiger partial charge in [0.15, 0.2) is 18.9 Å². The number of nitro benzene ring substituents is 1. The van der Waals surface area contributed by atoms with Crippen LogP contribution in [0.1, 0.15) is 5.56 Å². The van der Waals surface area contributed by atoms with E-state index in [4.69, 9.17) is 4.18 Å². The quantitative estimate of drug-likeness (QED) is 0.288. The van der Waals surface area contributed by atoms with Crippen molar-refractivity contribution in [3.05, 3.63) is 94.8 Å². The van der Waals surface area contributed by atoms with Crippen LogP contribution in [-0.4, -0.2) is 13.3 Å².